The summed E-state index contributed by atoms with van der Waals surface area (Å²) in [6, 6.07) is 7.94. The molecule has 0 radical (unpaired) electrons. The molecule has 1 aromatic rings. The minimum Gasteiger partial charge on any atom is -0.337 e. The Morgan fingerprint density at radius 2 is 2.04 bits per heavy atom. The number of carbonyl (C=O) groups excluding carboxylic acids is 1. The lowest BCUT2D eigenvalue weighted by molar-refractivity contribution is 0.228. The number of benzene rings is 1. The highest BCUT2D eigenvalue weighted by molar-refractivity contribution is 7.91. The van der Waals surface area contributed by atoms with Crippen LogP contribution in [0.4, 0.5) is 4.79 Å². The summed E-state index contributed by atoms with van der Waals surface area (Å²) in [5.74, 6) is 0.231. The summed E-state index contributed by atoms with van der Waals surface area (Å²) in [6.45, 7) is 3.28. The molecule has 1 unspecified atom stereocenters. The Morgan fingerprint density at radius 3 is 2.78 bits per heavy atom. The zero-order valence-electron chi connectivity index (χ0n) is 13.1. The highest BCUT2D eigenvalue weighted by atomic mass is 32.2. The summed E-state index contributed by atoms with van der Waals surface area (Å²) >= 11 is 0. The Morgan fingerprint density at radius 1 is 1.26 bits per heavy atom. The Hall–Kier alpha value is -1.60. The van der Waals surface area contributed by atoms with E-state index in [1.165, 1.54) is 11.1 Å². The van der Waals surface area contributed by atoms with Crippen molar-refractivity contribution in [1.82, 2.24) is 15.5 Å². The number of sulfone groups is 1. The number of fused-ring (bicyclic) bond motifs is 1. The molecule has 7 heteroatoms. The van der Waals surface area contributed by atoms with Gasteiger partial charge in [-0.2, -0.15) is 0 Å². The van der Waals surface area contributed by atoms with Crippen LogP contribution in [-0.4, -0.2) is 56.5 Å². The van der Waals surface area contributed by atoms with Crippen molar-refractivity contribution in [2.75, 3.05) is 31.1 Å². The molecule has 126 valence electrons. The van der Waals surface area contributed by atoms with Crippen LogP contribution in [0.5, 0.6) is 0 Å². The third kappa shape index (κ3) is 4.45. The van der Waals surface area contributed by atoms with Crippen LogP contribution in [0.2, 0.25) is 0 Å². The largest absolute Gasteiger partial charge is 0.337 e. The summed E-state index contributed by atoms with van der Waals surface area (Å²) in [5, 5.41) is 5.56. The molecule has 1 fully saturated rings. The molecule has 1 atom stereocenters. The van der Waals surface area contributed by atoms with Gasteiger partial charge in [-0.25, -0.2) is 13.2 Å². The van der Waals surface area contributed by atoms with Crippen molar-refractivity contribution in [3.8, 4) is 0 Å². The number of carbonyl (C=O) groups is 1. The fourth-order valence-electron chi connectivity index (χ4n) is 3.22. The van der Waals surface area contributed by atoms with Gasteiger partial charge < -0.3 is 10.6 Å². The molecule has 23 heavy (non-hydrogen) atoms. The molecule has 0 spiro atoms. The Kier molecular flexibility index (Phi) is 4.87. The number of nitrogens with zero attached hydrogens (tertiary/aromatic N) is 1. The van der Waals surface area contributed by atoms with Gasteiger partial charge in [-0.15, -0.1) is 0 Å². The number of amides is 2. The molecule has 0 saturated carbocycles. The van der Waals surface area contributed by atoms with E-state index in [4.69, 9.17) is 0 Å². The smallest absolute Gasteiger partial charge is 0.315 e. The summed E-state index contributed by atoms with van der Waals surface area (Å²) in [7, 11) is -2.96. The lowest BCUT2D eigenvalue weighted by Crippen LogP contribution is -2.45. The number of hydrogen-bond acceptors (Lipinski definition) is 4. The molecule has 1 saturated heterocycles. The predicted octanol–water partition coefficient (Wildman–Crippen LogP) is 0.531. The Bertz CT molecular complexity index is 675. The maximum absolute atomic E-state index is 11.8. The molecular formula is C16H23N3O3S. The predicted molar refractivity (Wildman–Crippen MR) is 89.0 cm³/mol. The van der Waals surface area contributed by atoms with Crippen molar-refractivity contribution in [2.45, 2.75) is 25.4 Å². The van der Waals surface area contributed by atoms with Crippen molar-refractivity contribution in [3.63, 3.8) is 0 Å². The SMILES string of the molecule is O=C(NCCN1CCc2ccccc2C1)NC1CCS(=O)(=O)C1. The molecule has 0 aromatic heterocycles. The van der Waals surface area contributed by atoms with E-state index in [0.29, 0.717) is 13.0 Å². The number of nitrogens with one attached hydrogen (secondary N) is 2. The van der Waals surface area contributed by atoms with Crippen LogP contribution in [0, 0.1) is 0 Å². The number of rotatable bonds is 4. The molecule has 2 amide bonds. The van der Waals surface area contributed by atoms with Crippen LogP contribution in [0.15, 0.2) is 24.3 Å². The summed E-state index contributed by atoms with van der Waals surface area (Å²) in [6.07, 6.45) is 1.56. The van der Waals surface area contributed by atoms with Gasteiger partial charge in [-0.3, -0.25) is 4.90 Å². The highest BCUT2D eigenvalue weighted by Crippen LogP contribution is 2.17. The first kappa shape index (κ1) is 16.3. The van der Waals surface area contributed by atoms with Crippen LogP contribution in [0.1, 0.15) is 17.5 Å². The highest BCUT2D eigenvalue weighted by Gasteiger charge is 2.28. The Balaban J connectivity index is 1.38. The van der Waals surface area contributed by atoms with Crippen LogP contribution in [0.25, 0.3) is 0 Å². The molecule has 2 N–H and O–H groups in total. The minimum absolute atomic E-state index is 0.0589. The van der Waals surface area contributed by atoms with E-state index in [1.807, 2.05) is 0 Å². The van der Waals surface area contributed by atoms with E-state index in [2.05, 4.69) is 39.8 Å². The van der Waals surface area contributed by atoms with Crippen molar-refractivity contribution in [3.05, 3.63) is 35.4 Å². The summed E-state index contributed by atoms with van der Waals surface area (Å²) < 4.78 is 22.7. The van der Waals surface area contributed by atoms with Gasteiger partial charge in [-0.1, -0.05) is 24.3 Å². The number of urea groups is 1. The van der Waals surface area contributed by atoms with Crippen LogP contribution < -0.4 is 10.6 Å². The van der Waals surface area contributed by atoms with Gasteiger partial charge in [0.15, 0.2) is 9.84 Å². The zero-order valence-corrected chi connectivity index (χ0v) is 13.9. The first-order valence-corrected chi connectivity index (χ1v) is 9.88. The molecule has 6 nitrogen and oxygen atoms in total. The standard InChI is InChI=1S/C16H23N3O3S/c20-16(18-15-6-10-23(21,22)12-15)17-7-9-19-8-5-13-3-1-2-4-14(13)11-19/h1-4,15H,5-12H2,(H2,17,18,20). The molecule has 2 aliphatic heterocycles. The first-order chi connectivity index (χ1) is 11.0. The van der Waals surface area contributed by atoms with Gasteiger partial charge in [0.2, 0.25) is 0 Å². The molecule has 0 bridgehead atoms. The van der Waals surface area contributed by atoms with Crippen LogP contribution >= 0.6 is 0 Å². The minimum atomic E-state index is -2.96. The molecule has 2 heterocycles. The maximum atomic E-state index is 11.8. The molecule has 2 aliphatic rings. The van der Waals surface area contributed by atoms with Crippen LogP contribution in [0.3, 0.4) is 0 Å². The normalized spacial score (nSPS) is 23.2. The first-order valence-electron chi connectivity index (χ1n) is 8.06. The molecule has 3 rings (SSSR count). The van der Waals surface area contributed by atoms with Gasteiger partial charge in [0.05, 0.1) is 11.5 Å². The van der Waals surface area contributed by atoms with E-state index in [1.54, 1.807) is 0 Å². The summed E-state index contributed by atoms with van der Waals surface area (Å²) in [5.41, 5.74) is 2.77. The van der Waals surface area contributed by atoms with E-state index in [0.717, 1.165) is 26.1 Å². The fourth-order valence-corrected chi connectivity index (χ4v) is 4.89. The molecule has 1 aromatic carbocycles. The van der Waals surface area contributed by atoms with E-state index < -0.39 is 9.84 Å². The third-order valence-corrected chi connectivity index (χ3v) is 6.26. The van der Waals surface area contributed by atoms with E-state index in [-0.39, 0.29) is 23.6 Å². The van der Waals surface area contributed by atoms with Crippen molar-refractivity contribution in [2.24, 2.45) is 0 Å². The lowest BCUT2D eigenvalue weighted by Gasteiger charge is -2.28. The molecular weight excluding hydrogens is 314 g/mol. The molecule has 0 aliphatic carbocycles. The zero-order chi connectivity index (χ0) is 16.3. The maximum Gasteiger partial charge on any atom is 0.315 e. The number of hydrogen-bond donors (Lipinski definition) is 2. The second-order valence-electron chi connectivity index (χ2n) is 6.30. The quantitative estimate of drug-likeness (QED) is 0.840. The van der Waals surface area contributed by atoms with Gasteiger partial charge in [0.1, 0.15) is 0 Å². The van der Waals surface area contributed by atoms with Gasteiger partial charge in [0, 0.05) is 32.2 Å². The van der Waals surface area contributed by atoms with Gasteiger partial charge in [0.25, 0.3) is 0 Å². The third-order valence-electron chi connectivity index (χ3n) is 4.49. The van der Waals surface area contributed by atoms with Gasteiger partial charge >= 0.3 is 6.03 Å². The topological polar surface area (TPSA) is 78.5 Å². The van der Waals surface area contributed by atoms with Crippen molar-refractivity contribution in [1.29, 1.82) is 0 Å². The lowest BCUT2D eigenvalue weighted by atomic mass is 10.00. The average Bonchev–Trinajstić information content (AvgIpc) is 2.86. The van der Waals surface area contributed by atoms with Gasteiger partial charge in [-0.05, 0) is 24.0 Å². The Labute approximate surface area is 137 Å². The summed E-state index contributed by atoms with van der Waals surface area (Å²) in [4.78, 5) is 14.1. The second-order valence-corrected chi connectivity index (χ2v) is 8.52. The van der Waals surface area contributed by atoms with Crippen molar-refractivity contribution >= 4 is 15.9 Å². The fraction of sp³-hybridized carbons (Fsp3) is 0.562. The van der Waals surface area contributed by atoms with E-state index >= 15 is 0 Å². The average molecular weight is 337 g/mol. The second kappa shape index (κ2) is 6.88. The monoisotopic (exact) mass is 337 g/mol. The van der Waals surface area contributed by atoms with Crippen LogP contribution in [-0.2, 0) is 22.8 Å². The van der Waals surface area contributed by atoms with Crippen molar-refractivity contribution < 1.29 is 13.2 Å². The van der Waals surface area contributed by atoms with E-state index in [9.17, 15) is 13.2 Å².